The van der Waals surface area contributed by atoms with Crippen molar-refractivity contribution in [3.8, 4) is 11.5 Å². The van der Waals surface area contributed by atoms with Crippen LogP contribution in [0, 0.1) is 5.92 Å². The van der Waals surface area contributed by atoms with Crippen LogP contribution in [0.5, 0.6) is 11.5 Å². The van der Waals surface area contributed by atoms with Crippen molar-refractivity contribution in [2.45, 2.75) is 33.8 Å². The highest BCUT2D eigenvalue weighted by Crippen LogP contribution is 2.26. The second-order valence-corrected chi connectivity index (χ2v) is 8.22. The molecule has 0 saturated heterocycles. The lowest BCUT2D eigenvalue weighted by atomic mass is 10.2. The van der Waals surface area contributed by atoms with Gasteiger partial charge in [0.2, 0.25) is 0 Å². The van der Waals surface area contributed by atoms with Gasteiger partial charge in [0.05, 0.1) is 17.2 Å². The Morgan fingerprint density at radius 1 is 1.14 bits per heavy atom. The average molecular weight is 465 g/mol. The summed E-state index contributed by atoms with van der Waals surface area (Å²) in [6.45, 7) is 8.69. The molecule has 0 aromatic heterocycles. The zero-order valence-electron chi connectivity index (χ0n) is 16.4. The Balaban J connectivity index is 1.97. The van der Waals surface area contributed by atoms with Crippen molar-refractivity contribution in [3.05, 3.63) is 52.5 Å². The summed E-state index contributed by atoms with van der Waals surface area (Å²) >= 11 is 8.70. The van der Waals surface area contributed by atoms with Gasteiger partial charge in [0, 0.05) is 17.3 Å². The van der Waals surface area contributed by atoms with E-state index in [0.29, 0.717) is 23.8 Å². The van der Waals surface area contributed by atoms with Crippen LogP contribution in [-0.4, -0.2) is 23.7 Å². The minimum atomic E-state index is -0.303. The summed E-state index contributed by atoms with van der Waals surface area (Å²) in [7, 11) is 0. The second kappa shape index (κ2) is 10.4. The molecule has 0 aliphatic heterocycles. The number of carbonyl (C=O) groups is 1. The van der Waals surface area contributed by atoms with E-state index in [0.717, 1.165) is 15.9 Å². The maximum Gasteiger partial charge on any atom is 0.257 e. The monoisotopic (exact) mass is 464 g/mol. The summed E-state index contributed by atoms with van der Waals surface area (Å²) in [5.74, 6) is 1.55. The lowest BCUT2D eigenvalue weighted by Gasteiger charge is -2.14. The van der Waals surface area contributed by atoms with E-state index >= 15 is 0 Å². The van der Waals surface area contributed by atoms with Crippen molar-refractivity contribution >= 4 is 44.9 Å². The first kappa shape index (κ1) is 22.2. The number of nitrogens with one attached hydrogen (secondary N) is 2. The van der Waals surface area contributed by atoms with Gasteiger partial charge in [0.1, 0.15) is 11.5 Å². The molecule has 0 heterocycles. The molecule has 1 amide bonds. The summed E-state index contributed by atoms with van der Waals surface area (Å²) in [6, 6.07) is 12.6. The predicted molar refractivity (Wildman–Crippen MR) is 120 cm³/mol. The quantitative estimate of drug-likeness (QED) is 0.537. The van der Waals surface area contributed by atoms with Gasteiger partial charge >= 0.3 is 0 Å². The molecule has 28 heavy (non-hydrogen) atoms. The van der Waals surface area contributed by atoms with Crippen LogP contribution in [0.15, 0.2) is 46.9 Å². The Labute approximate surface area is 179 Å². The van der Waals surface area contributed by atoms with E-state index in [2.05, 4.69) is 40.4 Å². The number of thiocarbonyl (C=S) groups is 1. The minimum Gasteiger partial charge on any atom is -0.492 e. The first-order valence-electron chi connectivity index (χ1n) is 9.06. The second-order valence-electron chi connectivity index (χ2n) is 6.95. The first-order valence-corrected chi connectivity index (χ1v) is 10.3. The summed E-state index contributed by atoms with van der Waals surface area (Å²) < 4.78 is 12.1. The smallest absolute Gasteiger partial charge is 0.257 e. The van der Waals surface area contributed by atoms with E-state index in [1.54, 1.807) is 18.2 Å². The average Bonchev–Trinajstić information content (AvgIpc) is 2.60. The van der Waals surface area contributed by atoms with Crippen molar-refractivity contribution in [1.29, 1.82) is 0 Å². The van der Waals surface area contributed by atoms with Crippen LogP contribution in [0.3, 0.4) is 0 Å². The minimum absolute atomic E-state index is 0.0767. The molecule has 0 atom stereocenters. The van der Waals surface area contributed by atoms with Crippen LogP contribution in [0.4, 0.5) is 5.69 Å². The molecule has 2 N–H and O–H groups in total. The third-order valence-electron chi connectivity index (χ3n) is 3.46. The summed E-state index contributed by atoms with van der Waals surface area (Å²) in [5.41, 5.74) is 1.21. The van der Waals surface area contributed by atoms with Gasteiger partial charge in [-0.25, -0.2) is 0 Å². The van der Waals surface area contributed by atoms with E-state index in [9.17, 15) is 4.79 Å². The standard InChI is InChI=1S/C21H25BrN2O3S/c1-13(2)12-26-19-9-8-15(10-18(19)22)20(25)24-21(28)23-16-6-5-7-17(11-16)27-14(3)4/h5-11,13-14H,12H2,1-4H3,(H2,23,24,25,28). The summed E-state index contributed by atoms with van der Waals surface area (Å²) in [5, 5.41) is 5.89. The van der Waals surface area contributed by atoms with Crippen LogP contribution in [0.25, 0.3) is 0 Å². The van der Waals surface area contributed by atoms with Crippen molar-refractivity contribution in [3.63, 3.8) is 0 Å². The van der Waals surface area contributed by atoms with Crippen LogP contribution < -0.4 is 20.1 Å². The van der Waals surface area contributed by atoms with Gasteiger partial charge in [0.25, 0.3) is 5.91 Å². The Morgan fingerprint density at radius 3 is 2.54 bits per heavy atom. The summed E-state index contributed by atoms with van der Waals surface area (Å²) in [4.78, 5) is 12.5. The first-order chi connectivity index (χ1) is 13.2. The van der Waals surface area contributed by atoms with Gasteiger partial charge in [-0.1, -0.05) is 19.9 Å². The number of anilines is 1. The molecule has 5 nitrogen and oxygen atoms in total. The number of benzene rings is 2. The Morgan fingerprint density at radius 2 is 1.89 bits per heavy atom. The molecule has 0 spiro atoms. The predicted octanol–water partition coefficient (Wildman–Crippen LogP) is 5.40. The fourth-order valence-electron chi connectivity index (χ4n) is 2.27. The topological polar surface area (TPSA) is 59.6 Å². The molecule has 2 aromatic rings. The third kappa shape index (κ3) is 7.13. The van der Waals surface area contributed by atoms with Crippen LogP contribution in [0.2, 0.25) is 0 Å². The lowest BCUT2D eigenvalue weighted by molar-refractivity contribution is 0.0977. The van der Waals surface area contributed by atoms with Crippen molar-refractivity contribution < 1.29 is 14.3 Å². The molecule has 0 unspecified atom stereocenters. The molecule has 0 radical (unpaired) electrons. The van der Waals surface area contributed by atoms with Gasteiger partial charge in [-0.15, -0.1) is 0 Å². The van der Waals surface area contributed by atoms with Crippen LogP contribution in [-0.2, 0) is 0 Å². The molecule has 0 aliphatic rings. The van der Waals surface area contributed by atoms with E-state index in [1.807, 2.05) is 38.1 Å². The lowest BCUT2D eigenvalue weighted by Crippen LogP contribution is -2.34. The Bertz CT molecular complexity index is 840. The molecule has 7 heteroatoms. The zero-order valence-corrected chi connectivity index (χ0v) is 18.8. The normalized spacial score (nSPS) is 10.7. The largest absolute Gasteiger partial charge is 0.492 e. The number of carbonyl (C=O) groups excluding carboxylic acids is 1. The molecule has 0 aliphatic carbocycles. The van der Waals surface area contributed by atoms with Gasteiger partial charge in [-0.05, 0) is 78.2 Å². The molecule has 0 fully saturated rings. The highest BCUT2D eigenvalue weighted by atomic mass is 79.9. The molecule has 0 saturated carbocycles. The number of rotatable bonds is 7. The van der Waals surface area contributed by atoms with E-state index in [-0.39, 0.29) is 17.1 Å². The van der Waals surface area contributed by atoms with Crippen LogP contribution in [0.1, 0.15) is 38.1 Å². The van der Waals surface area contributed by atoms with Gasteiger partial charge in [0.15, 0.2) is 5.11 Å². The number of hydrogen-bond acceptors (Lipinski definition) is 4. The highest BCUT2D eigenvalue weighted by Gasteiger charge is 2.12. The Hall–Kier alpha value is -2.12. The molecular weight excluding hydrogens is 440 g/mol. The third-order valence-corrected chi connectivity index (χ3v) is 4.28. The number of hydrogen-bond donors (Lipinski definition) is 2. The molecule has 150 valence electrons. The van der Waals surface area contributed by atoms with Crippen molar-refractivity contribution in [1.82, 2.24) is 5.32 Å². The molecule has 2 rings (SSSR count). The molecule has 2 aromatic carbocycles. The van der Waals surface area contributed by atoms with Crippen LogP contribution >= 0.6 is 28.1 Å². The SMILES string of the molecule is CC(C)COc1ccc(C(=O)NC(=S)Nc2cccc(OC(C)C)c2)cc1Br. The number of ether oxygens (including phenoxy) is 2. The Kier molecular flexibility index (Phi) is 8.26. The van der Waals surface area contributed by atoms with Gasteiger partial charge in [-0.2, -0.15) is 0 Å². The van der Waals surface area contributed by atoms with Crippen molar-refractivity contribution in [2.24, 2.45) is 5.92 Å². The van der Waals surface area contributed by atoms with E-state index in [4.69, 9.17) is 21.7 Å². The molecular formula is C21H25BrN2O3S. The van der Waals surface area contributed by atoms with E-state index in [1.165, 1.54) is 0 Å². The number of amides is 1. The fourth-order valence-corrected chi connectivity index (χ4v) is 2.98. The van der Waals surface area contributed by atoms with Gasteiger partial charge < -0.3 is 14.8 Å². The van der Waals surface area contributed by atoms with Gasteiger partial charge in [-0.3, -0.25) is 10.1 Å². The molecule has 0 bridgehead atoms. The maximum absolute atomic E-state index is 12.5. The fraction of sp³-hybridized carbons (Fsp3) is 0.333. The highest BCUT2D eigenvalue weighted by molar-refractivity contribution is 9.10. The summed E-state index contributed by atoms with van der Waals surface area (Å²) in [6.07, 6.45) is 0.0767. The zero-order chi connectivity index (χ0) is 20.7. The maximum atomic E-state index is 12.5. The van der Waals surface area contributed by atoms with Crippen molar-refractivity contribution in [2.75, 3.05) is 11.9 Å². The number of halogens is 1. The van der Waals surface area contributed by atoms with E-state index < -0.39 is 0 Å².